The predicted molar refractivity (Wildman–Crippen MR) is 58.0 cm³/mol. The van der Waals surface area contributed by atoms with Crippen LogP contribution in [-0.2, 0) is 0 Å². The Kier molecular flexibility index (Phi) is 2.55. The largest absolute Gasteiger partial charge is 0.478 e. The highest BCUT2D eigenvalue weighted by molar-refractivity contribution is 5.88. The molecule has 2 aromatic rings. The number of carboxylic acids is 1. The quantitative estimate of drug-likeness (QED) is 0.825. The van der Waals surface area contributed by atoms with Crippen LogP contribution in [0.2, 0.25) is 0 Å². The minimum absolute atomic E-state index is 0.288. The van der Waals surface area contributed by atoms with Crippen LogP contribution in [0, 0.1) is 12.7 Å². The van der Waals surface area contributed by atoms with Crippen LogP contribution in [0.15, 0.2) is 29.2 Å². The summed E-state index contributed by atoms with van der Waals surface area (Å²) in [6, 6.07) is 3.53. The van der Waals surface area contributed by atoms with E-state index in [0.717, 1.165) is 12.1 Å². The first-order valence-electron chi connectivity index (χ1n) is 4.81. The molecule has 2 N–H and O–H groups in total. The number of aromatic amines is 1. The fraction of sp³-hybridized carbons (Fsp3) is 0.0909. The third-order valence-corrected chi connectivity index (χ3v) is 2.40. The van der Waals surface area contributed by atoms with E-state index in [1.165, 1.54) is 16.8 Å². The first kappa shape index (κ1) is 11.1. The van der Waals surface area contributed by atoms with E-state index >= 15 is 0 Å². The van der Waals surface area contributed by atoms with Gasteiger partial charge in [0.25, 0.3) is 0 Å². The molecule has 0 aliphatic carbocycles. The van der Waals surface area contributed by atoms with Gasteiger partial charge in [0.15, 0.2) is 0 Å². The number of H-pyrrole nitrogens is 1. The van der Waals surface area contributed by atoms with Crippen LogP contribution in [0.5, 0.6) is 0 Å². The zero-order valence-corrected chi connectivity index (χ0v) is 8.90. The molecule has 0 aliphatic heterocycles. The molecule has 6 heteroatoms. The zero-order valence-electron chi connectivity index (χ0n) is 8.90. The van der Waals surface area contributed by atoms with E-state index in [2.05, 4.69) is 4.98 Å². The number of carboxylic acid groups (broad SMARTS) is 1. The maximum Gasteiger partial charge on any atom is 0.338 e. The van der Waals surface area contributed by atoms with Gasteiger partial charge in [-0.25, -0.2) is 14.0 Å². The lowest BCUT2D eigenvalue weighted by Gasteiger charge is -2.05. The number of nitrogens with zero attached hydrogens (tertiary/aromatic N) is 1. The van der Waals surface area contributed by atoms with E-state index in [-0.39, 0.29) is 5.69 Å². The minimum atomic E-state index is -1.34. The average molecular weight is 236 g/mol. The Morgan fingerprint density at radius 1 is 1.47 bits per heavy atom. The second-order valence-electron chi connectivity index (χ2n) is 3.54. The van der Waals surface area contributed by atoms with Gasteiger partial charge in [0.2, 0.25) is 0 Å². The van der Waals surface area contributed by atoms with Crippen LogP contribution in [0.3, 0.4) is 0 Å². The monoisotopic (exact) mass is 236 g/mol. The molecule has 88 valence electrons. The number of aromatic nitrogens is 2. The molecule has 2 rings (SSSR count). The van der Waals surface area contributed by atoms with Gasteiger partial charge in [0.1, 0.15) is 5.82 Å². The van der Waals surface area contributed by atoms with Crippen molar-refractivity contribution in [1.29, 1.82) is 0 Å². The Morgan fingerprint density at radius 2 is 2.18 bits per heavy atom. The molecule has 0 atom stereocenters. The van der Waals surface area contributed by atoms with Crippen molar-refractivity contribution in [1.82, 2.24) is 9.55 Å². The van der Waals surface area contributed by atoms with E-state index in [1.807, 2.05) is 0 Å². The number of nitrogens with one attached hydrogen (secondary N) is 1. The fourth-order valence-corrected chi connectivity index (χ4v) is 1.59. The predicted octanol–water partition coefficient (Wildman–Crippen LogP) is 1.31. The van der Waals surface area contributed by atoms with E-state index in [0.29, 0.717) is 5.69 Å². The molecule has 0 saturated heterocycles. The Labute approximate surface area is 95.1 Å². The molecular formula is C11H9FN2O3. The lowest BCUT2D eigenvalue weighted by Crippen LogP contribution is -2.16. The molecule has 0 aliphatic rings. The summed E-state index contributed by atoms with van der Waals surface area (Å²) in [5.74, 6) is -2.21. The number of hydrogen-bond acceptors (Lipinski definition) is 2. The van der Waals surface area contributed by atoms with E-state index in [9.17, 15) is 14.0 Å². The maximum absolute atomic E-state index is 13.4. The van der Waals surface area contributed by atoms with Gasteiger partial charge in [-0.1, -0.05) is 0 Å². The van der Waals surface area contributed by atoms with Gasteiger partial charge in [-0.05, 0) is 25.1 Å². The summed E-state index contributed by atoms with van der Waals surface area (Å²) in [4.78, 5) is 24.5. The zero-order chi connectivity index (χ0) is 12.6. The highest BCUT2D eigenvalue weighted by Crippen LogP contribution is 2.14. The summed E-state index contributed by atoms with van der Waals surface area (Å²) in [6.45, 7) is 1.68. The minimum Gasteiger partial charge on any atom is -0.478 e. The molecule has 0 saturated carbocycles. The molecule has 0 spiro atoms. The summed E-state index contributed by atoms with van der Waals surface area (Å²) in [7, 11) is 0. The topological polar surface area (TPSA) is 75.1 Å². The average Bonchev–Trinajstić information content (AvgIpc) is 2.58. The Bertz CT molecular complexity index is 642. The molecule has 17 heavy (non-hydrogen) atoms. The van der Waals surface area contributed by atoms with Crippen LogP contribution in [0.4, 0.5) is 4.39 Å². The van der Waals surface area contributed by atoms with Crippen LogP contribution in [0.25, 0.3) is 5.69 Å². The third kappa shape index (κ3) is 1.84. The van der Waals surface area contributed by atoms with Crippen molar-refractivity contribution in [3.05, 3.63) is 52.0 Å². The fourth-order valence-electron chi connectivity index (χ4n) is 1.59. The van der Waals surface area contributed by atoms with Crippen LogP contribution in [0.1, 0.15) is 16.1 Å². The summed E-state index contributed by atoms with van der Waals surface area (Å²) in [5, 5.41) is 8.68. The molecule has 0 fully saturated rings. The number of hydrogen-bond donors (Lipinski definition) is 2. The summed E-state index contributed by atoms with van der Waals surface area (Å²) in [5.41, 5.74) is 0.0775. The first-order chi connectivity index (χ1) is 8.00. The first-order valence-corrected chi connectivity index (χ1v) is 4.81. The summed E-state index contributed by atoms with van der Waals surface area (Å²) >= 11 is 0. The van der Waals surface area contributed by atoms with E-state index in [4.69, 9.17) is 5.11 Å². The number of halogens is 1. The third-order valence-electron chi connectivity index (χ3n) is 2.40. The van der Waals surface area contributed by atoms with Crippen molar-refractivity contribution in [2.75, 3.05) is 0 Å². The molecule has 1 heterocycles. The van der Waals surface area contributed by atoms with Gasteiger partial charge in [0, 0.05) is 11.9 Å². The van der Waals surface area contributed by atoms with Crippen LogP contribution < -0.4 is 5.69 Å². The standard InChI is InChI=1S/C11H9FN2O3/c1-6-5-13-11(17)14(6)7-2-3-8(10(15)16)9(12)4-7/h2-5H,1H3,(H,13,17)(H,15,16). The molecule has 1 aromatic carbocycles. The normalized spacial score (nSPS) is 10.5. The summed E-state index contributed by atoms with van der Waals surface area (Å²) in [6.07, 6.45) is 1.49. The molecule has 1 aromatic heterocycles. The number of carbonyl (C=O) groups is 1. The number of imidazole rings is 1. The maximum atomic E-state index is 13.4. The number of benzene rings is 1. The Balaban J connectivity index is 2.60. The van der Waals surface area contributed by atoms with Gasteiger partial charge in [-0.15, -0.1) is 0 Å². The van der Waals surface area contributed by atoms with Crippen molar-refractivity contribution in [3.63, 3.8) is 0 Å². The molecule has 0 amide bonds. The van der Waals surface area contributed by atoms with Crippen molar-refractivity contribution < 1.29 is 14.3 Å². The number of rotatable bonds is 2. The van der Waals surface area contributed by atoms with Gasteiger partial charge < -0.3 is 10.1 Å². The lowest BCUT2D eigenvalue weighted by molar-refractivity contribution is 0.0692. The van der Waals surface area contributed by atoms with Gasteiger partial charge in [0.05, 0.1) is 11.3 Å². The van der Waals surface area contributed by atoms with Crippen molar-refractivity contribution >= 4 is 5.97 Å². The van der Waals surface area contributed by atoms with E-state index in [1.54, 1.807) is 6.92 Å². The van der Waals surface area contributed by atoms with Gasteiger partial charge >= 0.3 is 11.7 Å². The molecule has 0 bridgehead atoms. The van der Waals surface area contributed by atoms with Crippen LogP contribution >= 0.6 is 0 Å². The highest BCUT2D eigenvalue weighted by Gasteiger charge is 2.12. The second-order valence-corrected chi connectivity index (χ2v) is 3.54. The SMILES string of the molecule is Cc1c[nH]c(=O)n1-c1ccc(C(=O)O)c(F)c1. The lowest BCUT2D eigenvalue weighted by atomic mass is 10.2. The second kappa shape index (κ2) is 3.89. The number of aryl methyl sites for hydroxylation is 1. The molecule has 0 radical (unpaired) electrons. The number of aromatic carboxylic acids is 1. The Morgan fingerprint density at radius 3 is 2.65 bits per heavy atom. The smallest absolute Gasteiger partial charge is 0.338 e. The van der Waals surface area contributed by atoms with Crippen molar-refractivity contribution in [2.24, 2.45) is 0 Å². The van der Waals surface area contributed by atoms with Crippen molar-refractivity contribution in [2.45, 2.75) is 6.92 Å². The summed E-state index contributed by atoms with van der Waals surface area (Å²) < 4.78 is 14.7. The van der Waals surface area contributed by atoms with Crippen LogP contribution in [-0.4, -0.2) is 20.6 Å². The van der Waals surface area contributed by atoms with Crippen molar-refractivity contribution in [3.8, 4) is 5.69 Å². The Hall–Kier alpha value is -2.37. The van der Waals surface area contributed by atoms with Gasteiger partial charge in [-0.2, -0.15) is 0 Å². The van der Waals surface area contributed by atoms with E-state index < -0.39 is 23.0 Å². The molecule has 5 nitrogen and oxygen atoms in total. The molecular weight excluding hydrogens is 227 g/mol. The van der Waals surface area contributed by atoms with Gasteiger partial charge in [-0.3, -0.25) is 4.57 Å². The molecule has 0 unspecified atom stereocenters. The highest BCUT2D eigenvalue weighted by atomic mass is 19.1.